The zero-order valence-corrected chi connectivity index (χ0v) is 10.7. The van der Waals surface area contributed by atoms with Gasteiger partial charge in [-0.1, -0.05) is 32.9 Å². The smallest absolute Gasteiger partial charge is 0.0149 e. The molecule has 0 aliphatic heterocycles. The van der Waals surface area contributed by atoms with Gasteiger partial charge in [-0.3, -0.25) is 0 Å². The van der Waals surface area contributed by atoms with Crippen LogP contribution in [0.4, 0.5) is 0 Å². The van der Waals surface area contributed by atoms with Gasteiger partial charge in [0.1, 0.15) is 0 Å². The van der Waals surface area contributed by atoms with Crippen molar-refractivity contribution in [1.29, 1.82) is 0 Å². The maximum absolute atomic E-state index is 4.34. The molecule has 2 aliphatic carbocycles. The molecule has 2 fully saturated rings. The monoisotopic (exact) mass is 206 g/mol. The average Bonchev–Trinajstić information content (AvgIpc) is 2.17. The lowest BCUT2D eigenvalue weighted by Gasteiger charge is -2.49. The molecule has 3 atom stereocenters. The van der Waals surface area contributed by atoms with E-state index in [2.05, 4.69) is 27.4 Å². The van der Waals surface area contributed by atoms with E-state index in [1.807, 2.05) is 0 Å². The van der Waals surface area contributed by atoms with Gasteiger partial charge in [-0.2, -0.15) is 0 Å². The molecular formula is C15H26. The molecule has 0 N–H and O–H groups in total. The first-order chi connectivity index (χ1) is 7.03. The van der Waals surface area contributed by atoms with E-state index in [1.54, 1.807) is 5.57 Å². The number of rotatable bonds is 1. The van der Waals surface area contributed by atoms with Gasteiger partial charge in [0.25, 0.3) is 0 Å². The van der Waals surface area contributed by atoms with E-state index in [0.29, 0.717) is 5.41 Å². The van der Waals surface area contributed by atoms with Crippen molar-refractivity contribution in [3.63, 3.8) is 0 Å². The predicted octanol–water partition coefficient (Wildman–Crippen LogP) is 4.81. The van der Waals surface area contributed by atoms with Crippen molar-refractivity contribution in [2.75, 3.05) is 0 Å². The fourth-order valence-electron chi connectivity index (χ4n) is 3.85. The molecule has 0 aromatic heterocycles. The minimum Gasteiger partial charge on any atom is -0.0996 e. The van der Waals surface area contributed by atoms with E-state index in [1.165, 1.54) is 38.5 Å². The summed E-state index contributed by atoms with van der Waals surface area (Å²) in [6, 6.07) is 0. The fourth-order valence-corrected chi connectivity index (χ4v) is 3.85. The van der Waals surface area contributed by atoms with Crippen LogP contribution in [0.1, 0.15) is 59.3 Å². The fraction of sp³-hybridized carbons (Fsp3) is 0.867. The quantitative estimate of drug-likeness (QED) is 0.540. The van der Waals surface area contributed by atoms with Crippen molar-refractivity contribution in [1.82, 2.24) is 0 Å². The van der Waals surface area contributed by atoms with Crippen LogP contribution in [-0.2, 0) is 0 Å². The van der Waals surface area contributed by atoms with Crippen molar-refractivity contribution in [2.24, 2.45) is 23.2 Å². The topological polar surface area (TPSA) is 0 Å². The molecule has 2 rings (SSSR count). The normalized spacial score (nSPS) is 41.7. The van der Waals surface area contributed by atoms with Gasteiger partial charge in [-0.05, 0) is 61.7 Å². The Labute approximate surface area is 95.1 Å². The summed E-state index contributed by atoms with van der Waals surface area (Å²) in [6.07, 6.45) is 8.45. The third-order valence-corrected chi connectivity index (χ3v) is 5.15. The second-order valence-corrected chi connectivity index (χ2v) is 6.50. The molecule has 0 nitrogen and oxygen atoms in total. The molecule has 0 aromatic carbocycles. The Kier molecular flexibility index (Phi) is 2.96. The number of hydrogen-bond donors (Lipinski definition) is 0. The van der Waals surface area contributed by atoms with Crippen LogP contribution in [0.5, 0.6) is 0 Å². The number of allylic oxidation sites excluding steroid dienone is 1. The third kappa shape index (κ3) is 2.00. The maximum Gasteiger partial charge on any atom is -0.0149 e. The van der Waals surface area contributed by atoms with Crippen LogP contribution < -0.4 is 0 Å². The minimum absolute atomic E-state index is 0.612. The highest BCUT2D eigenvalue weighted by Gasteiger charge is 2.43. The highest BCUT2D eigenvalue weighted by Crippen LogP contribution is 2.54. The molecule has 0 unspecified atom stereocenters. The highest BCUT2D eigenvalue weighted by molar-refractivity contribution is 5.12. The molecule has 0 amide bonds. The molecule has 0 heteroatoms. The molecule has 0 aromatic rings. The maximum atomic E-state index is 4.34. The molecule has 2 saturated carbocycles. The Morgan fingerprint density at radius 3 is 2.73 bits per heavy atom. The molecular weight excluding hydrogens is 180 g/mol. The van der Waals surface area contributed by atoms with Gasteiger partial charge in [0.2, 0.25) is 0 Å². The SMILES string of the molecule is C=C1CCC[C@@]2(C)CC[C@H](C(C)C)C[C@H]12. The summed E-state index contributed by atoms with van der Waals surface area (Å²) in [5.74, 6) is 2.66. The summed E-state index contributed by atoms with van der Waals surface area (Å²) < 4.78 is 0. The molecule has 2 aliphatic rings. The standard InChI is InChI=1S/C15H26/c1-11(2)13-7-9-15(4)8-5-6-12(3)14(15)10-13/h11,13-14H,3,5-10H2,1-2,4H3/t13-,14+,15-/m0/s1. The first kappa shape index (κ1) is 11.2. The van der Waals surface area contributed by atoms with Gasteiger partial charge in [0, 0.05) is 0 Å². The van der Waals surface area contributed by atoms with Crippen LogP contribution in [0.3, 0.4) is 0 Å². The van der Waals surface area contributed by atoms with Crippen LogP contribution in [0.15, 0.2) is 12.2 Å². The third-order valence-electron chi connectivity index (χ3n) is 5.15. The molecule has 0 spiro atoms. The van der Waals surface area contributed by atoms with E-state index in [0.717, 1.165) is 17.8 Å². The van der Waals surface area contributed by atoms with Gasteiger partial charge < -0.3 is 0 Å². The van der Waals surface area contributed by atoms with Crippen LogP contribution in [-0.4, -0.2) is 0 Å². The van der Waals surface area contributed by atoms with Gasteiger partial charge in [0.05, 0.1) is 0 Å². The van der Waals surface area contributed by atoms with E-state index in [-0.39, 0.29) is 0 Å². The van der Waals surface area contributed by atoms with E-state index < -0.39 is 0 Å². The van der Waals surface area contributed by atoms with Gasteiger partial charge in [-0.15, -0.1) is 0 Å². The largest absolute Gasteiger partial charge is 0.0996 e. The van der Waals surface area contributed by atoms with Crippen LogP contribution >= 0.6 is 0 Å². The predicted molar refractivity (Wildman–Crippen MR) is 66.8 cm³/mol. The Hall–Kier alpha value is -0.260. The lowest BCUT2D eigenvalue weighted by Crippen LogP contribution is -2.39. The molecule has 0 bridgehead atoms. The summed E-state index contributed by atoms with van der Waals surface area (Å²) in [5.41, 5.74) is 2.18. The molecule has 15 heavy (non-hydrogen) atoms. The number of fused-ring (bicyclic) bond motifs is 1. The van der Waals surface area contributed by atoms with Crippen molar-refractivity contribution in [3.8, 4) is 0 Å². The highest BCUT2D eigenvalue weighted by atomic mass is 14.5. The summed E-state index contributed by atoms with van der Waals surface area (Å²) in [5, 5.41) is 0. The second kappa shape index (κ2) is 3.96. The Morgan fingerprint density at radius 1 is 1.33 bits per heavy atom. The van der Waals surface area contributed by atoms with E-state index in [9.17, 15) is 0 Å². The zero-order valence-electron chi connectivity index (χ0n) is 10.7. The van der Waals surface area contributed by atoms with Gasteiger partial charge in [0.15, 0.2) is 0 Å². The van der Waals surface area contributed by atoms with Crippen molar-refractivity contribution in [3.05, 3.63) is 12.2 Å². The Balaban J connectivity index is 2.12. The van der Waals surface area contributed by atoms with Crippen molar-refractivity contribution in [2.45, 2.75) is 59.3 Å². The van der Waals surface area contributed by atoms with E-state index in [4.69, 9.17) is 0 Å². The first-order valence-electron chi connectivity index (χ1n) is 6.70. The van der Waals surface area contributed by atoms with Gasteiger partial charge >= 0.3 is 0 Å². The zero-order chi connectivity index (χ0) is 11.1. The lowest BCUT2D eigenvalue weighted by atomic mass is 9.56. The molecule has 0 radical (unpaired) electrons. The first-order valence-corrected chi connectivity index (χ1v) is 6.70. The second-order valence-electron chi connectivity index (χ2n) is 6.50. The summed E-state index contributed by atoms with van der Waals surface area (Å²) in [6.45, 7) is 11.6. The average molecular weight is 206 g/mol. The summed E-state index contributed by atoms with van der Waals surface area (Å²) in [7, 11) is 0. The summed E-state index contributed by atoms with van der Waals surface area (Å²) >= 11 is 0. The lowest BCUT2D eigenvalue weighted by molar-refractivity contribution is 0.0583. The summed E-state index contributed by atoms with van der Waals surface area (Å²) in [4.78, 5) is 0. The Bertz CT molecular complexity index is 251. The molecule has 86 valence electrons. The molecule has 0 saturated heterocycles. The van der Waals surface area contributed by atoms with Crippen molar-refractivity contribution < 1.29 is 0 Å². The van der Waals surface area contributed by atoms with Crippen LogP contribution in [0, 0.1) is 23.2 Å². The van der Waals surface area contributed by atoms with Crippen LogP contribution in [0.25, 0.3) is 0 Å². The Morgan fingerprint density at radius 2 is 2.07 bits per heavy atom. The number of hydrogen-bond acceptors (Lipinski definition) is 0. The van der Waals surface area contributed by atoms with E-state index >= 15 is 0 Å². The molecule has 0 heterocycles. The minimum atomic E-state index is 0.612. The van der Waals surface area contributed by atoms with Gasteiger partial charge in [-0.25, -0.2) is 0 Å². The van der Waals surface area contributed by atoms with Crippen LogP contribution in [0.2, 0.25) is 0 Å². The van der Waals surface area contributed by atoms with Crippen molar-refractivity contribution >= 4 is 0 Å².